The summed E-state index contributed by atoms with van der Waals surface area (Å²) in [4.78, 5) is 26.6. The number of hydrogen-bond acceptors (Lipinski definition) is 5. The number of carbonyl (C=O) groups is 2. The van der Waals surface area contributed by atoms with Crippen LogP contribution in [0.4, 0.5) is 20.6 Å². The first-order chi connectivity index (χ1) is 13.9. The monoisotopic (exact) mass is 398 g/mol. The number of nitriles is 1. The number of hydrogen-bond donors (Lipinski definition) is 1. The zero-order valence-corrected chi connectivity index (χ0v) is 16.2. The third kappa shape index (κ3) is 3.90. The van der Waals surface area contributed by atoms with E-state index in [1.54, 1.807) is 18.2 Å². The molecule has 4 rings (SSSR count). The SMILES string of the molecule is CC(=O)NC[C@H]1CN(c2ccc(N3CC4CC(=CC#N)CC4C3)c(F)c2)C(=O)O1. The zero-order chi connectivity index (χ0) is 20.5. The Labute approximate surface area is 168 Å². The van der Waals surface area contributed by atoms with E-state index in [9.17, 15) is 14.0 Å². The molecule has 3 aliphatic rings. The maximum Gasteiger partial charge on any atom is 0.414 e. The molecule has 2 amide bonds. The minimum absolute atomic E-state index is 0.194. The van der Waals surface area contributed by atoms with Crippen molar-refractivity contribution in [1.82, 2.24) is 5.32 Å². The summed E-state index contributed by atoms with van der Waals surface area (Å²) in [5.74, 6) is 0.349. The molecule has 7 nitrogen and oxygen atoms in total. The summed E-state index contributed by atoms with van der Waals surface area (Å²) in [5.41, 5.74) is 2.18. The van der Waals surface area contributed by atoms with E-state index in [1.165, 1.54) is 23.5 Å². The first-order valence-corrected chi connectivity index (χ1v) is 9.79. The first-order valence-electron chi connectivity index (χ1n) is 9.79. The average Bonchev–Trinajstić information content (AvgIpc) is 3.33. The summed E-state index contributed by atoms with van der Waals surface area (Å²) in [6.07, 6.45) is 2.46. The molecule has 1 aromatic carbocycles. The van der Waals surface area contributed by atoms with Gasteiger partial charge in [0.15, 0.2) is 0 Å². The highest BCUT2D eigenvalue weighted by Gasteiger charge is 2.39. The summed E-state index contributed by atoms with van der Waals surface area (Å²) < 4.78 is 20.1. The molecule has 2 aliphatic heterocycles. The van der Waals surface area contributed by atoms with Gasteiger partial charge >= 0.3 is 6.09 Å². The first kappa shape index (κ1) is 19.2. The highest BCUT2D eigenvalue weighted by molar-refractivity contribution is 5.90. The molecule has 8 heteroatoms. The molecule has 3 atom stereocenters. The van der Waals surface area contributed by atoms with E-state index in [0.29, 0.717) is 23.2 Å². The molecule has 0 spiro atoms. The molecule has 29 heavy (non-hydrogen) atoms. The van der Waals surface area contributed by atoms with Gasteiger partial charge in [0.05, 0.1) is 30.5 Å². The van der Waals surface area contributed by atoms with Crippen LogP contribution in [0.25, 0.3) is 0 Å². The zero-order valence-electron chi connectivity index (χ0n) is 16.2. The van der Waals surface area contributed by atoms with Crippen molar-refractivity contribution in [2.45, 2.75) is 25.9 Å². The standard InChI is InChI=1S/C21H23FN4O3/c1-13(27)24-9-18-12-26(21(28)29-18)17-2-3-20(19(22)8-17)25-10-15-6-14(4-5-23)7-16(15)11-25/h2-4,8,15-16,18H,6-7,9-12H2,1H3,(H,24,27)/t15?,16?,18-/m0/s1. The number of anilines is 2. The highest BCUT2D eigenvalue weighted by atomic mass is 19.1. The predicted octanol–water partition coefficient (Wildman–Crippen LogP) is 2.58. The maximum atomic E-state index is 14.9. The number of carbonyl (C=O) groups excluding carboxylic acids is 2. The number of allylic oxidation sites excluding steroid dienone is 2. The van der Waals surface area contributed by atoms with E-state index in [4.69, 9.17) is 10.00 Å². The Hall–Kier alpha value is -3.08. The molecular weight excluding hydrogens is 375 g/mol. The van der Waals surface area contributed by atoms with Crippen LogP contribution in [-0.2, 0) is 9.53 Å². The molecule has 1 saturated carbocycles. The molecule has 1 aliphatic carbocycles. The summed E-state index contributed by atoms with van der Waals surface area (Å²) in [7, 11) is 0. The van der Waals surface area contributed by atoms with Crippen LogP contribution >= 0.6 is 0 Å². The van der Waals surface area contributed by atoms with Crippen molar-refractivity contribution in [2.24, 2.45) is 11.8 Å². The van der Waals surface area contributed by atoms with Gasteiger partial charge in [-0.15, -0.1) is 0 Å². The van der Waals surface area contributed by atoms with Gasteiger partial charge in [0.1, 0.15) is 11.9 Å². The average molecular weight is 398 g/mol. The lowest BCUT2D eigenvalue weighted by Crippen LogP contribution is -2.33. The van der Waals surface area contributed by atoms with Crippen LogP contribution in [0.5, 0.6) is 0 Å². The number of halogens is 1. The number of rotatable bonds is 4. The molecule has 0 bridgehead atoms. The maximum absolute atomic E-state index is 14.9. The molecule has 152 valence electrons. The van der Waals surface area contributed by atoms with Gasteiger partial charge in [0.25, 0.3) is 0 Å². The quantitative estimate of drug-likeness (QED) is 0.788. The number of ether oxygens (including phenoxy) is 1. The molecule has 2 unspecified atom stereocenters. The number of nitrogens with one attached hydrogen (secondary N) is 1. The van der Waals surface area contributed by atoms with Crippen LogP contribution in [0.2, 0.25) is 0 Å². The van der Waals surface area contributed by atoms with E-state index in [2.05, 4.69) is 16.3 Å². The Morgan fingerprint density at radius 2 is 2.07 bits per heavy atom. The van der Waals surface area contributed by atoms with E-state index < -0.39 is 12.2 Å². The highest BCUT2D eigenvalue weighted by Crippen LogP contribution is 2.43. The van der Waals surface area contributed by atoms with Crippen LogP contribution in [-0.4, -0.2) is 44.3 Å². The number of amides is 2. The predicted molar refractivity (Wildman–Crippen MR) is 105 cm³/mol. The van der Waals surface area contributed by atoms with Crippen molar-refractivity contribution >= 4 is 23.4 Å². The lowest BCUT2D eigenvalue weighted by atomic mass is 10.0. The van der Waals surface area contributed by atoms with Crippen LogP contribution in [0.3, 0.4) is 0 Å². The van der Waals surface area contributed by atoms with Gasteiger partial charge in [0.2, 0.25) is 5.91 Å². The summed E-state index contributed by atoms with van der Waals surface area (Å²) >= 11 is 0. The Morgan fingerprint density at radius 3 is 2.69 bits per heavy atom. The fourth-order valence-corrected chi connectivity index (χ4v) is 4.58. The van der Waals surface area contributed by atoms with E-state index in [0.717, 1.165) is 25.9 Å². The van der Waals surface area contributed by atoms with Crippen LogP contribution in [0.1, 0.15) is 19.8 Å². The van der Waals surface area contributed by atoms with Crippen molar-refractivity contribution < 1.29 is 18.7 Å². The van der Waals surface area contributed by atoms with Gasteiger partial charge in [-0.1, -0.05) is 5.57 Å². The summed E-state index contributed by atoms with van der Waals surface area (Å²) in [6.45, 7) is 3.44. The summed E-state index contributed by atoms with van der Waals surface area (Å²) in [6, 6.07) is 6.92. The van der Waals surface area contributed by atoms with Crippen molar-refractivity contribution in [3.8, 4) is 6.07 Å². The molecule has 0 aromatic heterocycles. The summed E-state index contributed by atoms with van der Waals surface area (Å²) in [5, 5.41) is 11.4. The smallest absolute Gasteiger partial charge is 0.414 e. The third-order valence-corrected chi connectivity index (χ3v) is 5.93. The van der Waals surface area contributed by atoms with E-state index in [-0.39, 0.29) is 24.8 Å². The fourth-order valence-electron chi connectivity index (χ4n) is 4.58. The molecule has 2 heterocycles. The molecular formula is C21H23FN4O3. The lowest BCUT2D eigenvalue weighted by Gasteiger charge is -2.22. The van der Waals surface area contributed by atoms with Crippen LogP contribution in [0.15, 0.2) is 29.8 Å². The van der Waals surface area contributed by atoms with E-state index >= 15 is 0 Å². The second-order valence-electron chi connectivity index (χ2n) is 7.95. The molecule has 1 aromatic rings. The Balaban J connectivity index is 1.42. The lowest BCUT2D eigenvalue weighted by molar-refractivity contribution is -0.119. The Bertz CT molecular complexity index is 894. The second kappa shape index (κ2) is 7.74. The third-order valence-electron chi connectivity index (χ3n) is 5.93. The largest absolute Gasteiger partial charge is 0.442 e. The van der Waals surface area contributed by atoms with E-state index in [1.807, 2.05) is 0 Å². The van der Waals surface area contributed by atoms with Crippen LogP contribution in [0, 0.1) is 29.0 Å². The Morgan fingerprint density at radius 1 is 1.34 bits per heavy atom. The molecule has 3 fully saturated rings. The van der Waals surface area contributed by atoms with Crippen LogP contribution < -0.4 is 15.1 Å². The van der Waals surface area contributed by atoms with Crippen molar-refractivity contribution in [3.05, 3.63) is 35.7 Å². The van der Waals surface area contributed by atoms with Gasteiger partial charge in [-0.2, -0.15) is 5.26 Å². The van der Waals surface area contributed by atoms with Gasteiger partial charge in [0, 0.05) is 26.1 Å². The van der Waals surface area contributed by atoms with Gasteiger partial charge in [-0.3, -0.25) is 9.69 Å². The van der Waals surface area contributed by atoms with Crippen molar-refractivity contribution in [3.63, 3.8) is 0 Å². The van der Waals surface area contributed by atoms with Gasteiger partial charge < -0.3 is 15.0 Å². The number of nitrogens with zero attached hydrogens (tertiary/aromatic N) is 3. The minimum atomic E-state index is -0.542. The number of cyclic esters (lactones) is 1. The molecule has 0 radical (unpaired) electrons. The molecule has 1 N–H and O–H groups in total. The van der Waals surface area contributed by atoms with Crippen molar-refractivity contribution in [2.75, 3.05) is 36.0 Å². The number of fused-ring (bicyclic) bond motifs is 1. The van der Waals surface area contributed by atoms with Gasteiger partial charge in [-0.25, -0.2) is 9.18 Å². The topological polar surface area (TPSA) is 85.7 Å². The Kier molecular flexibility index (Phi) is 5.14. The van der Waals surface area contributed by atoms with Crippen molar-refractivity contribution in [1.29, 1.82) is 5.26 Å². The molecule has 2 saturated heterocycles. The fraction of sp³-hybridized carbons (Fsp3) is 0.476. The number of benzene rings is 1. The second-order valence-corrected chi connectivity index (χ2v) is 7.95. The van der Waals surface area contributed by atoms with Gasteiger partial charge in [-0.05, 0) is 42.9 Å². The minimum Gasteiger partial charge on any atom is -0.442 e. The normalized spacial score (nSPS) is 25.6.